The molecule has 0 aliphatic heterocycles. The maximum atomic E-state index is 11.8. The number of rotatable bonds is 6. The summed E-state index contributed by atoms with van der Waals surface area (Å²) in [6.45, 7) is 4.87. The van der Waals surface area contributed by atoms with E-state index in [0.717, 1.165) is 0 Å². The van der Waals surface area contributed by atoms with Crippen molar-refractivity contribution in [1.82, 2.24) is 19.6 Å². The van der Waals surface area contributed by atoms with Crippen LogP contribution in [0.3, 0.4) is 0 Å². The summed E-state index contributed by atoms with van der Waals surface area (Å²) in [5.74, 6) is 0. The molecule has 0 aromatic carbocycles. The summed E-state index contributed by atoms with van der Waals surface area (Å²) in [5, 5.41) is 3.02. The first-order valence-corrected chi connectivity index (χ1v) is 6.66. The lowest BCUT2D eigenvalue weighted by molar-refractivity contribution is 0.552. The van der Waals surface area contributed by atoms with Gasteiger partial charge in [0.25, 0.3) is 10.0 Å². The molecule has 1 atom stereocenters. The second kappa shape index (κ2) is 5.42. The molecule has 1 aromatic rings. The highest BCUT2D eigenvalue weighted by atomic mass is 32.2. The third kappa shape index (κ3) is 3.29. The van der Waals surface area contributed by atoms with E-state index in [1.54, 1.807) is 11.6 Å². The van der Waals surface area contributed by atoms with E-state index in [1.165, 1.54) is 12.5 Å². The molecule has 0 radical (unpaired) electrons. The van der Waals surface area contributed by atoms with Crippen molar-refractivity contribution in [3.05, 3.63) is 12.5 Å². The number of aryl methyl sites for hydroxylation is 1. The van der Waals surface area contributed by atoms with E-state index in [9.17, 15) is 8.42 Å². The first-order chi connectivity index (χ1) is 7.49. The average Bonchev–Trinajstić information content (AvgIpc) is 2.75. The van der Waals surface area contributed by atoms with E-state index in [-0.39, 0.29) is 11.1 Å². The zero-order valence-corrected chi connectivity index (χ0v) is 10.6. The van der Waals surface area contributed by atoms with Gasteiger partial charge in [0.1, 0.15) is 0 Å². The molecule has 0 aliphatic carbocycles. The van der Waals surface area contributed by atoms with Gasteiger partial charge in [-0.05, 0) is 20.9 Å². The average molecular weight is 246 g/mol. The Morgan fingerprint density at radius 3 is 2.75 bits per heavy atom. The zero-order chi connectivity index (χ0) is 12.2. The summed E-state index contributed by atoms with van der Waals surface area (Å²) in [6, 6.07) is 0.0861. The van der Waals surface area contributed by atoms with Gasteiger partial charge in [0.05, 0.1) is 6.33 Å². The fourth-order valence-corrected chi connectivity index (χ4v) is 2.14. The quantitative estimate of drug-likeness (QED) is 0.728. The lowest BCUT2D eigenvalue weighted by Gasteiger charge is -2.10. The number of aromatic nitrogens is 2. The Labute approximate surface area is 96.1 Å². The molecule has 1 aromatic heterocycles. The monoisotopic (exact) mass is 246 g/mol. The van der Waals surface area contributed by atoms with Gasteiger partial charge in [0.2, 0.25) is 0 Å². The van der Waals surface area contributed by atoms with Crippen LogP contribution in [0.4, 0.5) is 0 Å². The number of nitrogens with one attached hydrogen (secondary N) is 2. The lowest BCUT2D eigenvalue weighted by atomic mass is 10.4. The lowest BCUT2D eigenvalue weighted by Crippen LogP contribution is -2.37. The Morgan fingerprint density at radius 2 is 2.25 bits per heavy atom. The Balaban J connectivity index is 2.70. The van der Waals surface area contributed by atoms with Gasteiger partial charge in [-0.25, -0.2) is 18.1 Å². The molecule has 1 unspecified atom stereocenters. The molecule has 92 valence electrons. The van der Waals surface area contributed by atoms with Gasteiger partial charge in [-0.1, -0.05) is 0 Å². The summed E-state index contributed by atoms with van der Waals surface area (Å²) in [4.78, 5) is 3.85. The minimum Gasteiger partial charge on any atom is -0.336 e. The SMILES string of the molecule is CCn1cnc(S(=O)(=O)NCC(C)NC)c1. The third-order valence-electron chi connectivity index (χ3n) is 2.32. The van der Waals surface area contributed by atoms with Gasteiger partial charge in [-0.3, -0.25) is 0 Å². The van der Waals surface area contributed by atoms with Crippen LogP contribution in [0.15, 0.2) is 17.6 Å². The van der Waals surface area contributed by atoms with Crippen LogP contribution < -0.4 is 10.0 Å². The molecule has 1 heterocycles. The van der Waals surface area contributed by atoms with E-state index < -0.39 is 10.0 Å². The highest BCUT2D eigenvalue weighted by Gasteiger charge is 2.17. The summed E-state index contributed by atoms with van der Waals surface area (Å²) in [5.41, 5.74) is 0. The Morgan fingerprint density at radius 1 is 1.56 bits per heavy atom. The van der Waals surface area contributed by atoms with Crippen LogP contribution >= 0.6 is 0 Å². The molecule has 0 fully saturated rings. The third-order valence-corrected chi connectivity index (χ3v) is 3.63. The fourth-order valence-electron chi connectivity index (χ4n) is 1.06. The maximum absolute atomic E-state index is 11.8. The van der Waals surface area contributed by atoms with Crippen molar-refractivity contribution in [3.63, 3.8) is 0 Å². The van der Waals surface area contributed by atoms with E-state index in [2.05, 4.69) is 15.0 Å². The van der Waals surface area contributed by atoms with Gasteiger partial charge in [-0.2, -0.15) is 0 Å². The van der Waals surface area contributed by atoms with Gasteiger partial charge >= 0.3 is 0 Å². The predicted octanol–water partition coefficient (Wildman–Crippen LogP) is -0.211. The van der Waals surface area contributed by atoms with Crippen molar-refractivity contribution in [2.24, 2.45) is 0 Å². The normalized spacial score (nSPS) is 13.9. The van der Waals surface area contributed by atoms with Gasteiger partial charge < -0.3 is 9.88 Å². The van der Waals surface area contributed by atoms with Crippen molar-refractivity contribution in [1.29, 1.82) is 0 Å². The molecule has 0 saturated heterocycles. The van der Waals surface area contributed by atoms with E-state index in [4.69, 9.17) is 0 Å². The Kier molecular flexibility index (Phi) is 4.45. The molecule has 0 spiro atoms. The number of imidazole rings is 1. The van der Waals surface area contributed by atoms with E-state index in [0.29, 0.717) is 13.1 Å². The highest BCUT2D eigenvalue weighted by molar-refractivity contribution is 7.89. The molecule has 16 heavy (non-hydrogen) atoms. The molecule has 6 nitrogen and oxygen atoms in total. The summed E-state index contributed by atoms with van der Waals surface area (Å²) in [6.07, 6.45) is 3.03. The summed E-state index contributed by atoms with van der Waals surface area (Å²) >= 11 is 0. The molecule has 0 aliphatic rings. The molecule has 7 heteroatoms. The largest absolute Gasteiger partial charge is 0.336 e. The van der Waals surface area contributed by atoms with Crippen LogP contribution in [0, 0.1) is 0 Å². The first kappa shape index (κ1) is 13.1. The van der Waals surface area contributed by atoms with Crippen LogP contribution in [0.2, 0.25) is 0 Å². The Hall–Kier alpha value is -0.920. The molecular weight excluding hydrogens is 228 g/mol. The Bertz CT molecular complexity index is 426. The number of hydrogen-bond donors (Lipinski definition) is 2. The number of sulfonamides is 1. The molecule has 0 amide bonds. The molecular formula is C9H18N4O2S. The van der Waals surface area contributed by atoms with Gasteiger partial charge in [0, 0.05) is 25.3 Å². The highest BCUT2D eigenvalue weighted by Crippen LogP contribution is 2.04. The second-order valence-electron chi connectivity index (χ2n) is 3.58. The smallest absolute Gasteiger partial charge is 0.259 e. The van der Waals surface area contributed by atoms with Crippen LogP contribution in [-0.2, 0) is 16.6 Å². The van der Waals surface area contributed by atoms with Gasteiger partial charge in [-0.15, -0.1) is 0 Å². The number of nitrogens with zero attached hydrogens (tertiary/aromatic N) is 2. The summed E-state index contributed by atoms with van der Waals surface area (Å²) < 4.78 is 27.7. The second-order valence-corrected chi connectivity index (χ2v) is 5.30. The zero-order valence-electron chi connectivity index (χ0n) is 9.77. The van der Waals surface area contributed by atoms with Crippen LogP contribution in [0.5, 0.6) is 0 Å². The van der Waals surface area contributed by atoms with Crippen LogP contribution in [0.1, 0.15) is 13.8 Å². The van der Waals surface area contributed by atoms with Crippen molar-refractivity contribution >= 4 is 10.0 Å². The van der Waals surface area contributed by atoms with E-state index in [1.807, 2.05) is 13.8 Å². The maximum Gasteiger partial charge on any atom is 0.259 e. The number of hydrogen-bond acceptors (Lipinski definition) is 4. The fraction of sp³-hybridized carbons (Fsp3) is 0.667. The molecule has 1 rings (SSSR count). The number of likely N-dealkylation sites (N-methyl/N-ethyl adjacent to an activating group) is 1. The minimum atomic E-state index is -3.48. The standard InChI is InChI=1S/C9H18N4O2S/c1-4-13-6-9(11-7-13)16(14,15)12-5-8(2)10-3/h6-8,10,12H,4-5H2,1-3H3. The minimum absolute atomic E-state index is 0.0673. The summed E-state index contributed by atoms with van der Waals surface area (Å²) in [7, 11) is -1.69. The topological polar surface area (TPSA) is 76.0 Å². The van der Waals surface area contributed by atoms with Crippen molar-refractivity contribution < 1.29 is 8.42 Å². The van der Waals surface area contributed by atoms with Crippen molar-refractivity contribution in [2.75, 3.05) is 13.6 Å². The van der Waals surface area contributed by atoms with Crippen molar-refractivity contribution in [3.8, 4) is 0 Å². The molecule has 0 bridgehead atoms. The first-order valence-electron chi connectivity index (χ1n) is 5.18. The van der Waals surface area contributed by atoms with Crippen LogP contribution in [0.25, 0.3) is 0 Å². The van der Waals surface area contributed by atoms with Crippen LogP contribution in [-0.4, -0.2) is 37.6 Å². The van der Waals surface area contributed by atoms with E-state index >= 15 is 0 Å². The van der Waals surface area contributed by atoms with Crippen molar-refractivity contribution in [2.45, 2.75) is 31.5 Å². The van der Waals surface area contributed by atoms with Gasteiger partial charge in [0.15, 0.2) is 5.03 Å². The molecule has 0 saturated carbocycles. The molecule has 2 N–H and O–H groups in total. The predicted molar refractivity (Wildman–Crippen MR) is 61.6 cm³/mol.